The van der Waals surface area contributed by atoms with Crippen LogP contribution in [-0.4, -0.2) is 63.9 Å². The Morgan fingerprint density at radius 1 is 1.09 bits per heavy atom. The summed E-state index contributed by atoms with van der Waals surface area (Å²) in [6.07, 6.45) is 3.57. The molecule has 0 saturated heterocycles. The first kappa shape index (κ1) is 15.4. The van der Waals surface area contributed by atoms with Gasteiger partial charge >= 0.3 is 0 Å². The van der Waals surface area contributed by atoms with E-state index in [0.29, 0.717) is 5.82 Å². The molecule has 0 bridgehead atoms. The third-order valence-corrected chi connectivity index (χ3v) is 3.71. The lowest BCUT2D eigenvalue weighted by Crippen LogP contribution is -2.29. The van der Waals surface area contributed by atoms with Gasteiger partial charge in [-0.3, -0.25) is 9.67 Å². The van der Waals surface area contributed by atoms with Gasteiger partial charge in [-0.25, -0.2) is 9.97 Å². The number of hydrogen-bond donors (Lipinski definition) is 0. The van der Waals surface area contributed by atoms with Crippen LogP contribution >= 0.6 is 0 Å². The predicted molar refractivity (Wildman–Crippen MR) is 91.4 cm³/mol. The van der Waals surface area contributed by atoms with E-state index in [0.717, 1.165) is 35.6 Å². The van der Waals surface area contributed by atoms with Crippen LogP contribution in [-0.2, 0) is 7.05 Å². The van der Waals surface area contributed by atoms with Crippen LogP contribution in [0.2, 0.25) is 0 Å². The lowest BCUT2D eigenvalue weighted by atomic mass is 10.3. The maximum absolute atomic E-state index is 4.74. The maximum Gasteiger partial charge on any atom is 0.182 e. The molecule has 0 atom stereocenters. The minimum atomic E-state index is 0.619. The monoisotopic (exact) mass is 311 g/mol. The molecule has 120 valence electrons. The second-order valence-electron chi connectivity index (χ2n) is 5.82. The summed E-state index contributed by atoms with van der Waals surface area (Å²) < 4.78 is 1.77. The van der Waals surface area contributed by atoms with Gasteiger partial charge in [0.2, 0.25) is 0 Å². The summed E-state index contributed by atoms with van der Waals surface area (Å²) in [5.74, 6) is 1.50. The molecule has 0 radical (unpaired) electrons. The van der Waals surface area contributed by atoms with Crippen molar-refractivity contribution in [1.82, 2.24) is 29.6 Å². The van der Waals surface area contributed by atoms with Gasteiger partial charge < -0.3 is 9.80 Å². The van der Waals surface area contributed by atoms with E-state index in [2.05, 4.69) is 39.0 Å². The van der Waals surface area contributed by atoms with Crippen LogP contribution in [0.3, 0.4) is 0 Å². The summed E-state index contributed by atoms with van der Waals surface area (Å²) in [7, 11) is 8.06. The summed E-state index contributed by atoms with van der Waals surface area (Å²) in [6.45, 7) is 1.82. The van der Waals surface area contributed by atoms with E-state index >= 15 is 0 Å². The lowest BCUT2D eigenvalue weighted by molar-refractivity contribution is 0.416. The largest absolute Gasteiger partial charge is 0.358 e. The van der Waals surface area contributed by atoms with Gasteiger partial charge in [0.05, 0.1) is 11.6 Å². The molecule has 0 fully saturated rings. The van der Waals surface area contributed by atoms with Crippen molar-refractivity contribution in [3.63, 3.8) is 0 Å². The first-order chi connectivity index (χ1) is 11.1. The molecular weight excluding hydrogens is 290 g/mol. The number of rotatable bonds is 5. The van der Waals surface area contributed by atoms with E-state index in [-0.39, 0.29) is 0 Å². The molecule has 3 heterocycles. The van der Waals surface area contributed by atoms with Crippen molar-refractivity contribution in [2.45, 2.75) is 0 Å². The highest BCUT2D eigenvalue weighted by atomic mass is 15.3. The molecule has 0 aliphatic rings. The lowest BCUT2D eigenvalue weighted by Gasteiger charge is -2.21. The van der Waals surface area contributed by atoms with Crippen molar-refractivity contribution in [1.29, 1.82) is 0 Å². The fraction of sp³-hybridized carbons (Fsp3) is 0.375. The van der Waals surface area contributed by atoms with Crippen LogP contribution in [0.5, 0.6) is 0 Å². The Kier molecular flexibility index (Phi) is 4.20. The van der Waals surface area contributed by atoms with Gasteiger partial charge in [0.15, 0.2) is 11.5 Å². The van der Waals surface area contributed by atoms with Crippen LogP contribution in [0.4, 0.5) is 5.82 Å². The topological polar surface area (TPSA) is 63.0 Å². The zero-order chi connectivity index (χ0) is 16.4. The predicted octanol–water partition coefficient (Wildman–Crippen LogP) is 1.42. The third kappa shape index (κ3) is 3.14. The SMILES string of the molecule is CN(C)CCN(C)c1nc(-c2ccccn2)nc2c1cnn2C. The van der Waals surface area contributed by atoms with Crippen LogP contribution in [0.15, 0.2) is 30.6 Å². The van der Waals surface area contributed by atoms with Gasteiger partial charge in [0, 0.05) is 33.4 Å². The van der Waals surface area contributed by atoms with Crippen LogP contribution in [0, 0.1) is 0 Å². The maximum atomic E-state index is 4.74. The number of nitrogens with zero attached hydrogens (tertiary/aromatic N) is 7. The molecule has 7 heteroatoms. The average molecular weight is 311 g/mol. The smallest absolute Gasteiger partial charge is 0.182 e. The zero-order valence-corrected chi connectivity index (χ0v) is 13.9. The molecule has 0 amide bonds. The standard InChI is InChI=1S/C16H21N7/c1-21(2)9-10-22(3)15-12-11-18-23(4)16(12)20-14(19-15)13-7-5-6-8-17-13/h5-8,11H,9-10H2,1-4H3. The van der Waals surface area contributed by atoms with E-state index in [1.165, 1.54) is 0 Å². The Balaban J connectivity index is 2.08. The summed E-state index contributed by atoms with van der Waals surface area (Å²) in [5, 5.41) is 5.28. The van der Waals surface area contributed by atoms with Gasteiger partial charge in [-0.15, -0.1) is 0 Å². The first-order valence-electron chi connectivity index (χ1n) is 7.53. The number of fused-ring (bicyclic) bond motifs is 1. The van der Waals surface area contributed by atoms with Crippen molar-refractivity contribution in [2.24, 2.45) is 7.05 Å². The fourth-order valence-electron chi connectivity index (χ4n) is 2.36. The highest BCUT2D eigenvalue weighted by Crippen LogP contribution is 2.25. The highest BCUT2D eigenvalue weighted by molar-refractivity contribution is 5.88. The van der Waals surface area contributed by atoms with E-state index in [9.17, 15) is 0 Å². The molecule has 0 aliphatic carbocycles. The van der Waals surface area contributed by atoms with E-state index < -0.39 is 0 Å². The Bertz CT molecular complexity index is 795. The van der Waals surface area contributed by atoms with E-state index in [1.54, 1.807) is 10.9 Å². The summed E-state index contributed by atoms with van der Waals surface area (Å²) in [5.41, 5.74) is 1.57. The second-order valence-corrected chi connectivity index (χ2v) is 5.82. The fourth-order valence-corrected chi connectivity index (χ4v) is 2.36. The Morgan fingerprint density at radius 3 is 2.61 bits per heavy atom. The number of hydrogen-bond acceptors (Lipinski definition) is 6. The number of aryl methyl sites for hydroxylation is 1. The molecule has 3 rings (SSSR count). The highest BCUT2D eigenvalue weighted by Gasteiger charge is 2.16. The quantitative estimate of drug-likeness (QED) is 0.710. The van der Waals surface area contributed by atoms with E-state index in [4.69, 9.17) is 4.98 Å². The number of anilines is 1. The van der Waals surface area contributed by atoms with Crippen molar-refractivity contribution in [3.8, 4) is 11.5 Å². The van der Waals surface area contributed by atoms with Crippen molar-refractivity contribution in [2.75, 3.05) is 39.1 Å². The van der Waals surface area contributed by atoms with Gasteiger partial charge in [-0.05, 0) is 26.2 Å². The van der Waals surface area contributed by atoms with Crippen molar-refractivity contribution < 1.29 is 0 Å². The van der Waals surface area contributed by atoms with Crippen LogP contribution in [0.1, 0.15) is 0 Å². The van der Waals surface area contributed by atoms with Gasteiger partial charge in [-0.1, -0.05) is 6.07 Å². The number of aromatic nitrogens is 5. The Hall–Kier alpha value is -2.54. The molecule has 23 heavy (non-hydrogen) atoms. The van der Waals surface area contributed by atoms with Gasteiger partial charge in [0.25, 0.3) is 0 Å². The summed E-state index contributed by atoms with van der Waals surface area (Å²) in [4.78, 5) is 18.0. The number of pyridine rings is 1. The van der Waals surface area contributed by atoms with Gasteiger partial charge in [-0.2, -0.15) is 5.10 Å². The summed E-state index contributed by atoms with van der Waals surface area (Å²) >= 11 is 0. The molecule has 0 aliphatic heterocycles. The third-order valence-electron chi connectivity index (χ3n) is 3.71. The van der Waals surface area contributed by atoms with E-state index in [1.807, 2.05) is 38.5 Å². The Labute approximate surface area is 135 Å². The molecule has 0 N–H and O–H groups in total. The molecule has 3 aromatic heterocycles. The minimum Gasteiger partial charge on any atom is -0.358 e. The van der Waals surface area contributed by atoms with Crippen LogP contribution < -0.4 is 4.90 Å². The normalized spacial score (nSPS) is 11.3. The van der Waals surface area contributed by atoms with Crippen LogP contribution in [0.25, 0.3) is 22.6 Å². The minimum absolute atomic E-state index is 0.619. The second kappa shape index (κ2) is 6.29. The molecule has 7 nitrogen and oxygen atoms in total. The zero-order valence-electron chi connectivity index (χ0n) is 13.9. The Morgan fingerprint density at radius 2 is 1.91 bits per heavy atom. The number of likely N-dealkylation sites (N-methyl/N-ethyl adjacent to an activating group) is 2. The molecule has 0 saturated carbocycles. The molecule has 0 unspecified atom stereocenters. The molecular formula is C16H21N7. The molecule has 0 spiro atoms. The summed E-state index contributed by atoms with van der Waals surface area (Å²) in [6, 6.07) is 5.74. The molecule has 3 aromatic rings. The van der Waals surface area contributed by atoms with Gasteiger partial charge in [0.1, 0.15) is 11.5 Å². The van der Waals surface area contributed by atoms with Crippen molar-refractivity contribution in [3.05, 3.63) is 30.6 Å². The van der Waals surface area contributed by atoms with Crippen molar-refractivity contribution >= 4 is 16.9 Å². The average Bonchev–Trinajstić information content (AvgIpc) is 2.94. The first-order valence-corrected chi connectivity index (χ1v) is 7.53. The molecule has 0 aromatic carbocycles.